The van der Waals surface area contributed by atoms with E-state index in [2.05, 4.69) is 29.0 Å². The second-order valence-corrected chi connectivity index (χ2v) is 11.6. The number of pyridine rings is 1. The van der Waals surface area contributed by atoms with E-state index >= 15 is 0 Å². The maximum Gasteiger partial charge on any atom is 0.243 e. The average Bonchev–Trinajstić information content (AvgIpc) is 3.18. The van der Waals surface area contributed by atoms with Crippen LogP contribution in [0.5, 0.6) is 0 Å². The molecule has 0 fully saturated rings. The van der Waals surface area contributed by atoms with E-state index < -0.39 is 21.7 Å². The Morgan fingerprint density at radius 2 is 1.69 bits per heavy atom. The van der Waals surface area contributed by atoms with Gasteiger partial charge in [0, 0.05) is 19.7 Å². The first-order valence-electron chi connectivity index (χ1n) is 11.9. The van der Waals surface area contributed by atoms with E-state index in [0.717, 1.165) is 28.4 Å². The standard InChI is InChI=1S/C26H32N6O2S/c1-6-20-9-12-23(31-30-20)25(15-18(2)3)32(5)35(33,34)21-10-7-19(8-11-21)16-26(4)28-22-13-14-27-17-24(22)29-26/h7-14,17-18,25H,6,15-16H2,1-5H3. The van der Waals surface area contributed by atoms with Crippen LogP contribution in [-0.4, -0.2) is 40.6 Å². The van der Waals surface area contributed by atoms with Crippen LogP contribution in [0.2, 0.25) is 0 Å². The molecule has 0 saturated heterocycles. The molecule has 35 heavy (non-hydrogen) atoms. The topological polar surface area (TPSA) is 101 Å². The zero-order valence-corrected chi connectivity index (χ0v) is 21.7. The third-order valence-electron chi connectivity index (χ3n) is 6.22. The number of nitrogens with zero attached hydrogens (tertiary/aromatic N) is 6. The van der Waals surface area contributed by atoms with Crippen molar-refractivity contribution in [3.63, 3.8) is 0 Å². The van der Waals surface area contributed by atoms with Crippen molar-refractivity contribution >= 4 is 10.0 Å². The summed E-state index contributed by atoms with van der Waals surface area (Å²) in [6.45, 7) is 8.13. The van der Waals surface area contributed by atoms with E-state index in [0.29, 0.717) is 18.5 Å². The van der Waals surface area contributed by atoms with Crippen molar-refractivity contribution in [2.24, 2.45) is 15.9 Å². The number of benzene rings is 1. The molecule has 4 rings (SSSR count). The Balaban J connectivity index is 1.56. The number of fused-ring (bicyclic) bond motifs is 1. The van der Waals surface area contributed by atoms with E-state index in [1.54, 1.807) is 31.6 Å². The first-order valence-corrected chi connectivity index (χ1v) is 13.3. The number of aryl methyl sites for hydroxylation is 1. The lowest BCUT2D eigenvalue weighted by atomic mass is 10.0. The molecule has 9 heteroatoms. The largest absolute Gasteiger partial charge is 0.262 e. The summed E-state index contributed by atoms with van der Waals surface area (Å²) in [5, 5.41) is 10.2. The quantitative estimate of drug-likeness (QED) is 0.457. The summed E-state index contributed by atoms with van der Waals surface area (Å²) >= 11 is 0. The predicted molar refractivity (Wildman–Crippen MR) is 134 cm³/mol. The van der Waals surface area contributed by atoms with Gasteiger partial charge in [-0.1, -0.05) is 32.9 Å². The second kappa shape index (κ2) is 9.91. The molecule has 8 nitrogen and oxygen atoms in total. The zero-order chi connectivity index (χ0) is 25.2. The van der Waals surface area contributed by atoms with Crippen LogP contribution in [0.3, 0.4) is 0 Å². The van der Waals surface area contributed by atoms with Gasteiger partial charge in [-0.3, -0.25) is 15.0 Å². The van der Waals surface area contributed by atoms with E-state index in [9.17, 15) is 8.42 Å². The van der Waals surface area contributed by atoms with Crippen molar-refractivity contribution in [3.05, 3.63) is 82.5 Å². The summed E-state index contributed by atoms with van der Waals surface area (Å²) in [5.41, 5.74) is 1.87. The minimum Gasteiger partial charge on any atom is -0.262 e. The third kappa shape index (κ3) is 5.46. The molecule has 0 amide bonds. The molecular formula is C26H32N6O2S. The number of sulfonamides is 1. The molecule has 1 aliphatic heterocycles. The molecule has 2 atom stereocenters. The number of hydrogen-bond donors (Lipinski definition) is 0. The van der Waals surface area contributed by atoms with E-state index in [1.807, 2.05) is 44.2 Å². The Bertz CT molecular complexity index is 1370. The van der Waals surface area contributed by atoms with Crippen LogP contribution < -0.4 is 10.7 Å². The van der Waals surface area contributed by atoms with Crippen LogP contribution in [0, 0.1) is 5.92 Å². The third-order valence-corrected chi connectivity index (χ3v) is 8.10. The summed E-state index contributed by atoms with van der Waals surface area (Å²) in [4.78, 5) is 13.8. The van der Waals surface area contributed by atoms with Crippen LogP contribution in [0.15, 0.2) is 69.7 Å². The lowest BCUT2D eigenvalue weighted by molar-refractivity contribution is 0.316. The van der Waals surface area contributed by atoms with Crippen molar-refractivity contribution in [2.45, 2.75) is 63.6 Å². The van der Waals surface area contributed by atoms with Crippen LogP contribution in [0.4, 0.5) is 0 Å². The molecular weight excluding hydrogens is 460 g/mol. The summed E-state index contributed by atoms with van der Waals surface area (Å²) in [7, 11) is -2.12. The highest BCUT2D eigenvalue weighted by atomic mass is 32.2. The molecule has 0 radical (unpaired) electrons. The maximum atomic E-state index is 13.6. The molecule has 0 bridgehead atoms. The Morgan fingerprint density at radius 3 is 2.29 bits per heavy atom. The first-order chi connectivity index (χ1) is 16.6. The van der Waals surface area contributed by atoms with Crippen LogP contribution in [0.1, 0.15) is 57.1 Å². The van der Waals surface area contributed by atoms with Gasteiger partial charge in [-0.2, -0.15) is 14.5 Å². The SMILES string of the molecule is CCc1ccc(C(CC(C)C)N(C)S(=O)(=O)c2ccc(CC3(C)N=c4ccncc4=N3)cc2)nn1. The number of rotatable bonds is 9. The van der Waals surface area contributed by atoms with Gasteiger partial charge in [0.25, 0.3) is 0 Å². The summed E-state index contributed by atoms with van der Waals surface area (Å²) in [6.07, 6.45) is 5.41. The van der Waals surface area contributed by atoms with Gasteiger partial charge in [0.15, 0.2) is 5.66 Å². The lowest BCUT2D eigenvalue weighted by Crippen LogP contribution is -2.33. The van der Waals surface area contributed by atoms with E-state index in [-0.39, 0.29) is 10.8 Å². The molecule has 3 aromatic rings. The minimum absolute atomic E-state index is 0.244. The number of hydrogen-bond acceptors (Lipinski definition) is 7. The number of aromatic nitrogens is 3. The van der Waals surface area contributed by atoms with E-state index in [1.165, 1.54) is 4.31 Å². The summed E-state index contributed by atoms with van der Waals surface area (Å²) in [5.74, 6) is 0.284. The summed E-state index contributed by atoms with van der Waals surface area (Å²) in [6, 6.07) is 12.2. The molecule has 184 valence electrons. The molecule has 2 unspecified atom stereocenters. The molecule has 1 aliphatic rings. The highest BCUT2D eigenvalue weighted by Gasteiger charge is 2.31. The highest BCUT2D eigenvalue weighted by Crippen LogP contribution is 2.31. The average molecular weight is 493 g/mol. The molecule has 0 aliphatic carbocycles. The van der Waals surface area contributed by atoms with Gasteiger partial charge in [0.2, 0.25) is 10.0 Å². The molecule has 0 saturated carbocycles. The van der Waals surface area contributed by atoms with Crippen LogP contribution >= 0.6 is 0 Å². The fraction of sp³-hybridized carbons (Fsp3) is 0.423. The van der Waals surface area contributed by atoms with E-state index in [4.69, 9.17) is 9.98 Å². The van der Waals surface area contributed by atoms with Gasteiger partial charge in [-0.05, 0) is 61.6 Å². The highest BCUT2D eigenvalue weighted by molar-refractivity contribution is 7.89. The maximum absolute atomic E-state index is 13.6. The van der Waals surface area contributed by atoms with Gasteiger partial charge < -0.3 is 0 Å². The van der Waals surface area contributed by atoms with Crippen molar-refractivity contribution < 1.29 is 8.42 Å². The fourth-order valence-electron chi connectivity index (χ4n) is 4.32. The van der Waals surface area contributed by atoms with Crippen LogP contribution in [0.25, 0.3) is 0 Å². The fourth-order valence-corrected chi connectivity index (χ4v) is 5.66. The van der Waals surface area contributed by atoms with Gasteiger partial charge >= 0.3 is 0 Å². The lowest BCUT2D eigenvalue weighted by Gasteiger charge is -2.28. The van der Waals surface area contributed by atoms with Gasteiger partial charge in [0.05, 0.1) is 33.9 Å². The van der Waals surface area contributed by atoms with Gasteiger partial charge in [0.1, 0.15) is 5.36 Å². The summed E-state index contributed by atoms with van der Waals surface area (Å²) < 4.78 is 28.5. The smallest absolute Gasteiger partial charge is 0.243 e. The van der Waals surface area contributed by atoms with Gasteiger partial charge in [-0.15, -0.1) is 0 Å². The molecule has 3 heterocycles. The van der Waals surface area contributed by atoms with Crippen molar-refractivity contribution in [2.75, 3.05) is 7.05 Å². The normalized spacial score (nSPS) is 18.3. The Labute approximate surface area is 206 Å². The predicted octanol–water partition coefficient (Wildman–Crippen LogP) is 3.05. The zero-order valence-electron chi connectivity index (χ0n) is 20.9. The van der Waals surface area contributed by atoms with Gasteiger partial charge in [-0.25, -0.2) is 8.42 Å². The Kier molecular flexibility index (Phi) is 7.10. The molecule has 0 N–H and O–H groups in total. The van der Waals surface area contributed by atoms with Crippen LogP contribution in [-0.2, 0) is 22.9 Å². The monoisotopic (exact) mass is 492 g/mol. The molecule has 2 aromatic heterocycles. The van der Waals surface area contributed by atoms with Crippen molar-refractivity contribution in [1.82, 2.24) is 19.5 Å². The molecule has 1 aromatic carbocycles. The Morgan fingerprint density at radius 1 is 0.971 bits per heavy atom. The minimum atomic E-state index is -3.74. The first kappa shape index (κ1) is 25.1. The second-order valence-electron chi connectivity index (χ2n) is 9.60. The molecule has 0 spiro atoms. The van der Waals surface area contributed by atoms with Crippen molar-refractivity contribution in [3.8, 4) is 0 Å². The van der Waals surface area contributed by atoms with Crippen molar-refractivity contribution in [1.29, 1.82) is 0 Å². The Hall–Kier alpha value is -3.04.